The Morgan fingerprint density at radius 2 is 0.673 bits per heavy atom. The van der Waals surface area contributed by atoms with Crippen LogP contribution in [-0.4, -0.2) is 9.97 Å². The average molecular weight is 661 g/mol. The lowest BCUT2D eigenvalue weighted by Crippen LogP contribution is -1.92. The van der Waals surface area contributed by atoms with Crippen LogP contribution < -0.4 is 0 Å². The highest BCUT2D eigenvalue weighted by Gasteiger charge is 2.18. The van der Waals surface area contributed by atoms with Crippen molar-refractivity contribution in [2.75, 3.05) is 0 Å². The molecule has 52 heavy (non-hydrogen) atoms. The number of fused-ring (bicyclic) bond motifs is 5. The molecule has 0 atom stereocenters. The number of rotatable bonds is 5. The van der Waals surface area contributed by atoms with E-state index in [0.29, 0.717) is 0 Å². The molecule has 2 heteroatoms. The van der Waals surface area contributed by atoms with Gasteiger partial charge < -0.3 is 0 Å². The maximum absolute atomic E-state index is 5.26. The zero-order valence-corrected chi connectivity index (χ0v) is 28.4. The van der Waals surface area contributed by atoms with Crippen molar-refractivity contribution in [3.8, 4) is 55.9 Å². The molecule has 0 aliphatic carbocycles. The van der Waals surface area contributed by atoms with E-state index in [0.717, 1.165) is 49.9 Å². The fraction of sp³-hybridized carbons (Fsp3) is 0. The zero-order valence-electron chi connectivity index (χ0n) is 28.4. The van der Waals surface area contributed by atoms with Gasteiger partial charge in [0.1, 0.15) is 0 Å². The number of benzene rings is 8. The molecule has 0 saturated carbocycles. The SMILES string of the molecule is c1ccc(-c2ccc3ccc4ccc(-c5cccc(-c6ccc7c(-c8ccccc8)c8ccccc8c(-c8ccccc8)c7c6)c5)nc4c3n2)cc1. The molecule has 2 nitrogen and oxygen atoms in total. The zero-order chi connectivity index (χ0) is 34.4. The van der Waals surface area contributed by atoms with Crippen LogP contribution in [0.25, 0.3) is 99.2 Å². The molecule has 0 radical (unpaired) electrons. The van der Waals surface area contributed by atoms with Gasteiger partial charge >= 0.3 is 0 Å². The number of pyridine rings is 2. The molecule has 0 aliphatic rings. The van der Waals surface area contributed by atoms with Crippen molar-refractivity contribution in [2.24, 2.45) is 0 Å². The minimum absolute atomic E-state index is 0.914. The summed E-state index contributed by atoms with van der Waals surface area (Å²) in [6.45, 7) is 0. The molecule has 0 unspecified atom stereocenters. The Bertz CT molecular complexity index is 2930. The third-order valence-corrected chi connectivity index (χ3v) is 10.2. The summed E-state index contributed by atoms with van der Waals surface area (Å²) in [5.74, 6) is 0. The van der Waals surface area contributed by atoms with E-state index in [-0.39, 0.29) is 0 Å². The Balaban J connectivity index is 1.15. The highest BCUT2D eigenvalue weighted by molar-refractivity contribution is 6.22. The lowest BCUT2D eigenvalue weighted by Gasteiger charge is -2.19. The average Bonchev–Trinajstić information content (AvgIpc) is 3.23. The van der Waals surface area contributed by atoms with Gasteiger partial charge in [-0.2, -0.15) is 0 Å². The normalized spacial score (nSPS) is 11.5. The van der Waals surface area contributed by atoms with E-state index in [1.165, 1.54) is 49.4 Å². The molecule has 2 aromatic heterocycles. The summed E-state index contributed by atoms with van der Waals surface area (Å²) in [7, 11) is 0. The van der Waals surface area contributed by atoms with E-state index in [4.69, 9.17) is 9.97 Å². The fourth-order valence-electron chi connectivity index (χ4n) is 7.75. The highest BCUT2D eigenvalue weighted by Crippen LogP contribution is 2.45. The second-order valence-corrected chi connectivity index (χ2v) is 13.3. The van der Waals surface area contributed by atoms with Crippen LogP contribution in [0.2, 0.25) is 0 Å². The smallest absolute Gasteiger partial charge is 0.0972 e. The second kappa shape index (κ2) is 12.5. The first-order chi connectivity index (χ1) is 25.8. The number of hydrogen-bond acceptors (Lipinski definition) is 2. The first-order valence-corrected chi connectivity index (χ1v) is 17.7. The quantitative estimate of drug-likeness (QED) is 0.136. The predicted octanol–water partition coefficient (Wildman–Crippen LogP) is 13.4. The highest BCUT2D eigenvalue weighted by atomic mass is 14.8. The summed E-state index contributed by atoms with van der Waals surface area (Å²) in [6, 6.07) is 69.3. The molecule has 8 aromatic carbocycles. The molecule has 0 N–H and O–H groups in total. The molecule has 0 bridgehead atoms. The minimum atomic E-state index is 0.914. The van der Waals surface area contributed by atoms with Gasteiger partial charge in [-0.05, 0) is 79.2 Å². The van der Waals surface area contributed by atoms with Crippen LogP contribution in [0.4, 0.5) is 0 Å². The summed E-state index contributed by atoms with van der Waals surface area (Å²) >= 11 is 0. The molecule has 0 amide bonds. The monoisotopic (exact) mass is 660 g/mol. The third-order valence-electron chi connectivity index (χ3n) is 10.2. The largest absolute Gasteiger partial charge is 0.245 e. The molecular weight excluding hydrogens is 629 g/mol. The Kier molecular flexibility index (Phi) is 7.18. The summed E-state index contributed by atoms with van der Waals surface area (Å²) in [4.78, 5) is 10.4. The van der Waals surface area contributed by atoms with Gasteiger partial charge in [-0.15, -0.1) is 0 Å². The second-order valence-electron chi connectivity index (χ2n) is 13.3. The maximum Gasteiger partial charge on any atom is 0.0972 e. The molecule has 10 aromatic rings. The molecule has 0 aliphatic heterocycles. The van der Waals surface area contributed by atoms with E-state index < -0.39 is 0 Å². The van der Waals surface area contributed by atoms with Crippen LogP contribution >= 0.6 is 0 Å². The van der Waals surface area contributed by atoms with Crippen LogP contribution in [-0.2, 0) is 0 Å². The van der Waals surface area contributed by atoms with Gasteiger partial charge in [0, 0.05) is 21.9 Å². The lowest BCUT2D eigenvalue weighted by atomic mass is 9.85. The molecule has 242 valence electrons. The van der Waals surface area contributed by atoms with Crippen molar-refractivity contribution in [3.05, 3.63) is 194 Å². The van der Waals surface area contributed by atoms with Gasteiger partial charge in [0.2, 0.25) is 0 Å². The van der Waals surface area contributed by atoms with Crippen molar-refractivity contribution < 1.29 is 0 Å². The van der Waals surface area contributed by atoms with E-state index in [1.807, 2.05) is 6.07 Å². The number of nitrogens with zero attached hydrogens (tertiary/aromatic N) is 2. The van der Waals surface area contributed by atoms with Crippen LogP contribution in [0.1, 0.15) is 0 Å². The predicted molar refractivity (Wildman–Crippen MR) is 219 cm³/mol. The molecule has 10 rings (SSSR count). The van der Waals surface area contributed by atoms with Crippen LogP contribution in [0.3, 0.4) is 0 Å². The van der Waals surface area contributed by atoms with Crippen LogP contribution in [0.5, 0.6) is 0 Å². The van der Waals surface area contributed by atoms with Crippen LogP contribution in [0, 0.1) is 0 Å². The standard InChI is InChI=1S/C50H32N2/c1-4-13-33(14-5-1)45-29-26-36-23-24-37-27-30-46(52-50(37)49(36)51-45)40-20-12-19-38(31-40)39-25-28-43-44(32-39)48(35-17-8-3-9-18-35)42-22-11-10-21-41(42)47(43)34-15-6-2-7-16-34/h1-32H. The maximum atomic E-state index is 5.26. The topological polar surface area (TPSA) is 25.8 Å². The van der Waals surface area contributed by atoms with E-state index in [9.17, 15) is 0 Å². The molecular formula is C50H32N2. The summed E-state index contributed by atoms with van der Waals surface area (Å²) < 4.78 is 0. The van der Waals surface area contributed by atoms with Crippen molar-refractivity contribution in [1.29, 1.82) is 0 Å². The molecule has 0 spiro atoms. The van der Waals surface area contributed by atoms with Crippen molar-refractivity contribution >= 4 is 43.4 Å². The summed E-state index contributed by atoms with van der Waals surface area (Å²) in [6.07, 6.45) is 0. The van der Waals surface area contributed by atoms with Gasteiger partial charge in [-0.1, -0.05) is 170 Å². The van der Waals surface area contributed by atoms with E-state index >= 15 is 0 Å². The Morgan fingerprint density at radius 3 is 1.27 bits per heavy atom. The van der Waals surface area contributed by atoms with Crippen molar-refractivity contribution in [3.63, 3.8) is 0 Å². The molecule has 2 heterocycles. The van der Waals surface area contributed by atoms with Gasteiger partial charge in [0.15, 0.2) is 0 Å². The Hall–Kier alpha value is -6.90. The lowest BCUT2D eigenvalue weighted by molar-refractivity contribution is 1.36. The van der Waals surface area contributed by atoms with Gasteiger partial charge in [-0.3, -0.25) is 0 Å². The molecule has 0 fully saturated rings. The first kappa shape index (κ1) is 30.0. The van der Waals surface area contributed by atoms with E-state index in [2.05, 4.69) is 188 Å². The summed E-state index contributed by atoms with van der Waals surface area (Å²) in [5, 5.41) is 7.15. The fourth-order valence-corrected chi connectivity index (χ4v) is 7.75. The van der Waals surface area contributed by atoms with Crippen LogP contribution in [0.15, 0.2) is 194 Å². The van der Waals surface area contributed by atoms with Crippen molar-refractivity contribution in [1.82, 2.24) is 9.97 Å². The molecule has 0 saturated heterocycles. The van der Waals surface area contributed by atoms with Gasteiger partial charge in [0.05, 0.1) is 22.4 Å². The number of hydrogen-bond donors (Lipinski definition) is 0. The van der Waals surface area contributed by atoms with E-state index in [1.54, 1.807) is 0 Å². The minimum Gasteiger partial charge on any atom is -0.245 e. The third kappa shape index (κ3) is 5.12. The van der Waals surface area contributed by atoms with Gasteiger partial charge in [0.25, 0.3) is 0 Å². The Labute approximate surface area is 302 Å². The Morgan fingerprint density at radius 1 is 0.250 bits per heavy atom. The number of aromatic nitrogens is 2. The van der Waals surface area contributed by atoms with Crippen molar-refractivity contribution in [2.45, 2.75) is 0 Å². The van der Waals surface area contributed by atoms with Gasteiger partial charge in [-0.25, -0.2) is 9.97 Å². The first-order valence-electron chi connectivity index (χ1n) is 17.7. The summed E-state index contributed by atoms with van der Waals surface area (Å²) in [5.41, 5.74) is 13.2.